The Morgan fingerprint density at radius 1 is 1.02 bits per heavy atom. The second-order valence-corrected chi connectivity index (χ2v) is 17.5. The lowest BCUT2D eigenvalue weighted by atomic mass is 9.76. The smallest absolute Gasteiger partial charge is 0.311 e. The number of carbonyl (C=O) groups is 1. The Morgan fingerprint density at radius 3 is 2.44 bits per heavy atom. The molecule has 0 aliphatic heterocycles. The third-order valence-electron chi connectivity index (χ3n) is 10.0. The highest BCUT2D eigenvalue weighted by Gasteiger charge is 2.33. The maximum Gasteiger partial charge on any atom is 0.311 e. The second-order valence-electron chi connectivity index (χ2n) is 14.7. The summed E-state index contributed by atoms with van der Waals surface area (Å²) in [4.78, 5) is 19.3. The molecule has 6 aromatic rings. The molecule has 2 atom stereocenters. The first-order valence-electron chi connectivity index (χ1n) is 18.0. The summed E-state index contributed by atoms with van der Waals surface area (Å²) in [7, 11) is -4.18. The SMILES string of the molecule is Cc1ccc(S(=O)(=O)n2ccc3c(C(O)CO)c(Oc4ccc(F)c(-c5ncc(C(C)(CCCOCC(C)(C)C(=O)O)c6cccc(Br)c6)[nH]5)c4)c(F)cc32)cc1. The van der Waals surface area contributed by atoms with Crippen molar-refractivity contribution >= 4 is 42.8 Å². The van der Waals surface area contributed by atoms with Crippen LogP contribution in [0.4, 0.5) is 8.78 Å². The van der Waals surface area contributed by atoms with E-state index in [1.807, 2.05) is 38.1 Å². The third kappa shape index (κ3) is 8.53. The van der Waals surface area contributed by atoms with Gasteiger partial charge >= 0.3 is 5.97 Å². The number of ether oxygens (including phenoxy) is 2. The van der Waals surface area contributed by atoms with Crippen molar-refractivity contribution in [2.45, 2.75) is 57.0 Å². The standard InChI is InChI=1S/C42H42BrF2N3O8S/c1-25-9-12-29(13-10-25)57(53,54)48-17-15-30-34(48)21-33(45)38(37(30)35(50)23-49)56-28-11-14-32(44)31(20-28)39-46-22-36(47-39)42(4,26-7-5-8-27(43)19-26)16-6-18-55-24-41(2,3)40(51)52/h5,7-15,17,19-22,35,49-50H,6,16,18,23-24H2,1-4H3,(H,46,47)(H,51,52). The molecule has 15 heteroatoms. The van der Waals surface area contributed by atoms with E-state index in [0.717, 1.165) is 31.7 Å². The zero-order valence-electron chi connectivity index (χ0n) is 31.6. The number of fused-ring (bicyclic) bond motifs is 1. The molecule has 0 saturated carbocycles. The highest BCUT2D eigenvalue weighted by Crippen LogP contribution is 2.42. The first-order chi connectivity index (χ1) is 27.0. The summed E-state index contributed by atoms with van der Waals surface area (Å²) in [5.74, 6) is -3.01. The molecule has 300 valence electrons. The van der Waals surface area contributed by atoms with Gasteiger partial charge in [-0.25, -0.2) is 26.2 Å². The molecule has 0 fully saturated rings. The van der Waals surface area contributed by atoms with E-state index in [4.69, 9.17) is 9.47 Å². The fraction of sp³-hybridized carbons (Fsp3) is 0.286. The van der Waals surface area contributed by atoms with Crippen molar-refractivity contribution in [2.75, 3.05) is 19.8 Å². The second kappa shape index (κ2) is 16.5. The van der Waals surface area contributed by atoms with E-state index in [1.54, 1.807) is 32.2 Å². The lowest BCUT2D eigenvalue weighted by molar-refractivity contribution is -0.150. The van der Waals surface area contributed by atoms with Gasteiger partial charge in [-0.3, -0.25) is 4.79 Å². The van der Waals surface area contributed by atoms with Gasteiger partial charge in [-0.05, 0) is 94.6 Å². The minimum Gasteiger partial charge on any atom is -0.481 e. The topological polar surface area (TPSA) is 164 Å². The zero-order chi connectivity index (χ0) is 41.3. The molecular formula is C42H42BrF2N3O8S. The van der Waals surface area contributed by atoms with E-state index < -0.39 is 56.9 Å². The van der Waals surface area contributed by atoms with Crippen LogP contribution in [-0.4, -0.2) is 63.5 Å². The van der Waals surface area contributed by atoms with Gasteiger partial charge in [0.15, 0.2) is 11.6 Å². The Balaban J connectivity index is 1.33. The maximum atomic E-state index is 16.1. The number of aryl methyl sites for hydroxylation is 1. The number of aliphatic hydroxyl groups excluding tert-OH is 2. The fourth-order valence-electron chi connectivity index (χ4n) is 6.58. The maximum absolute atomic E-state index is 16.1. The van der Waals surface area contributed by atoms with Crippen LogP contribution in [-0.2, 0) is 25.0 Å². The molecule has 6 rings (SSSR count). The van der Waals surface area contributed by atoms with E-state index in [-0.39, 0.29) is 45.1 Å². The predicted molar refractivity (Wildman–Crippen MR) is 214 cm³/mol. The number of imidazole rings is 1. The van der Waals surface area contributed by atoms with Crippen LogP contribution in [0.25, 0.3) is 22.3 Å². The number of hydrogen-bond donors (Lipinski definition) is 4. The molecule has 0 amide bonds. The normalized spacial score (nSPS) is 13.8. The van der Waals surface area contributed by atoms with Crippen molar-refractivity contribution in [3.8, 4) is 22.9 Å². The summed E-state index contributed by atoms with van der Waals surface area (Å²) in [5.41, 5.74) is 0.426. The van der Waals surface area contributed by atoms with Crippen LogP contribution in [0.5, 0.6) is 11.5 Å². The average Bonchev–Trinajstić information content (AvgIpc) is 3.84. The molecule has 57 heavy (non-hydrogen) atoms. The van der Waals surface area contributed by atoms with E-state index in [1.165, 1.54) is 36.5 Å². The number of carboxylic acids is 1. The lowest BCUT2D eigenvalue weighted by Crippen LogP contribution is -2.30. The van der Waals surface area contributed by atoms with Gasteiger partial charge in [-0.1, -0.05) is 45.8 Å². The minimum atomic E-state index is -4.18. The molecule has 0 aliphatic rings. The molecule has 0 radical (unpaired) electrons. The third-order valence-corrected chi connectivity index (χ3v) is 12.2. The quantitative estimate of drug-likeness (QED) is 0.0698. The molecule has 0 aliphatic carbocycles. The van der Waals surface area contributed by atoms with E-state index in [9.17, 15) is 28.5 Å². The molecular weight excluding hydrogens is 824 g/mol. The summed E-state index contributed by atoms with van der Waals surface area (Å²) >= 11 is 3.55. The Hall–Kier alpha value is -4.93. The first-order valence-corrected chi connectivity index (χ1v) is 20.2. The highest BCUT2D eigenvalue weighted by atomic mass is 79.9. The van der Waals surface area contributed by atoms with Gasteiger partial charge < -0.3 is 29.8 Å². The molecule has 11 nitrogen and oxygen atoms in total. The number of hydrogen-bond acceptors (Lipinski definition) is 8. The molecule has 2 heterocycles. The number of rotatable bonds is 16. The largest absolute Gasteiger partial charge is 0.481 e. The summed E-state index contributed by atoms with van der Waals surface area (Å²) in [6.07, 6.45) is 2.28. The molecule has 4 N–H and O–H groups in total. The van der Waals surface area contributed by atoms with Crippen molar-refractivity contribution in [1.82, 2.24) is 13.9 Å². The van der Waals surface area contributed by atoms with Gasteiger partial charge in [0.05, 0.1) is 34.6 Å². The summed E-state index contributed by atoms with van der Waals surface area (Å²) in [6.45, 7) is 6.53. The van der Waals surface area contributed by atoms with Gasteiger partial charge in [0.1, 0.15) is 23.5 Å². The lowest BCUT2D eigenvalue weighted by Gasteiger charge is -2.30. The van der Waals surface area contributed by atoms with Crippen LogP contribution in [0.1, 0.15) is 62.1 Å². The number of carboxylic acid groups (broad SMARTS) is 1. The zero-order valence-corrected chi connectivity index (χ0v) is 34.0. The number of aliphatic hydroxyl groups is 2. The van der Waals surface area contributed by atoms with Gasteiger partial charge in [0, 0.05) is 51.6 Å². The fourth-order valence-corrected chi connectivity index (χ4v) is 8.32. The van der Waals surface area contributed by atoms with Crippen molar-refractivity contribution in [3.05, 3.63) is 130 Å². The molecule has 0 saturated heterocycles. The Kier molecular flexibility index (Phi) is 12.1. The molecule has 2 unspecified atom stereocenters. The monoisotopic (exact) mass is 865 g/mol. The molecule has 0 spiro atoms. The number of halogens is 3. The average molecular weight is 867 g/mol. The summed E-state index contributed by atoms with van der Waals surface area (Å²) in [5, 5.41) is 30.4. The van der Waals surface area contributed by atoms with Crippen molar-refractivity contribution in [2.24, 2.45) is 5.41 Å². The van der Waals surface area contributed by atoms with E-state index in [2.05, 4.69) is 25.9 Å². The Bertz CT molecular complexity index is 2540. The highest BCUT2D eigenvalue weighted by molar-refractivity contribution is 9.10. The number of nitrogens with one attached hydrogen (secondary N) is 1. The van der Waals surface area contributed by atoms with Crippen LogP contribution in [0, 0.1) is 24.0 Å². The first kappa shape index (κ1) is 41.7. The van der Waals surface area contributed by atoms with Crippen molar-refractivity contribution in [3.63, 3.8) is 0 Å². The number of nitrogens with zero attached hydrogens (tertiary/aromatic N) is 2. The number of aliphatic carboxylic acids is 1. The molecule has 2 aromatic heterocycles. The van der Waals surface area contributed by atoms with Crippen LogP contribution < -0.4 is 4.74 Å². The van der Waals surface area contributed by atoms with Crippen LogP contribution in [0.15, 0.2) is 101 Å². The predicted octanol–water partition coefficient (Wildman–Crippen LogP) is 8.65. The number of aromatic amines is 1. The van der Waals surface area contributed by atoms with Gasteiger partial charge in [0.25, 0.3) is 10.0 Å². The van der Waals surface area contributed by atoms with Crippen LogP contribution in [0.2, 0.25) is 0 Å². The molecule has 0 bridgehead atoms. The number of benzene rings is 4. The minimum absolute atomic E-state index is 0.00401. The Labute approximate surface area is 337 Å². The van der Waals surface area contributed by atoms with Crippen LogP contribution >= 0.6 is 15.9 Å². The molecule has 4 aromatic carbocycles. The van der Waals surface area contributed by atoms with Gasteiger partial charge in [0.2, 0.25) is 0 Å². The van der Waals surface area contributed by atoms with Crippen molar-refractivity contribution in [1.29, 1.82) is 0 Å². The summed E-state index contributed by atoms with van der Waals surface area (Å²) < 4.78 is 72.3. The van der Waals surface area contributed by atoms with Gasteiger partial charge in [-0.15, -0.1) is 0 Å². The van der Waals surface area contributed by atoms with Crippen LogP contribution in [0.3, 0.4) is 0 Å². The van der Waals surface area contributed by atoms with E-state index >= 15 is 8.78 Å². The van der Waals surface area contributed by atoms with Gasteiger partial charge in [-0.2, -0.15) is 0 Å². The number of H-pyrrole nitrogens is 1. The summed E-state index contributed by atoms with van der Waals surface area (Å²) in [6, 6.07) is 19.9. The number of aromatic nitrogens is 3. The van der Waals surface area contributed by atoms with Crippen molar-refractivity contribution < 1.29 is 46.8 Å². The van der Waals surface area contributed by atoms with E-state index in [0.29, 0.717) is 25.1 Å². The Morgan fingerprint density at radius 2 is 1.75 bits per heavy atom.